The zero-order chi connectivity index (χ0) is 21.0. The molecule has 9 heteroatoms. The summed E-state index contributed by atoms with van der Waals surface area (Å²) in [6.07, 6.45) is 0. The van der Waals surface area contributed by atoms with Crippen LogP contribution in [-0.2, 0) is 22.6 Å². The molecule has 0 unspecified atom stereocenters. The number of amides is 1. The topological polar surface area (TPSA) is 77.6 Å². The number of nitrogens with zero attached hydrogens (tertiary/aromatic N) is 3. The minimum absolute atomic E-state index is 0.0946. The summed E-state index contributed by atoms with van der Waals surface area (Å²) in [5.41, 5.74) is 0.323. The summed E-state index contributed by atoms with van der Waals surface area (Å²) < 4.78 is 12.2. The number of halogens is 1. The first-order chi connectivity index (χ1) is 13.9. The Bertz CT molecular complexity index is 1080. The lowest BCUT2D eigenvalue weighted by Gasteiger charge is -2.17. The Hall–Kier alpha value is -2.29. The van der Waals surface area contributed by atoms with Gasteiger partial charge >= 0.3 is 0 Å². The fourth-order valence-corrected chi connectivity index (χ4v) is 3.92. The number of rotatable bonds is 8. The normalized spacial score (nSPS) is 11.2. The molecular formula is C20H22ClN3O4S. The molecule has 0 aliphatic heterocycles. The van der Waals surface area contributed by atoms with Gasteiger partial charge in [-0.3, -0.25) is 14.2 Å². The number of hydrogen-bond acceptors (Lipinski definition) is 6. The van der Waals surface area contributed by atoms with E-state index in [1.54, 1.807) is 37.3 Å². The van der Waals surface area contributed by atoms with E-state index < -0.39 is 0 Å². The molecule has 1 amide bonds. The van der Waals surface area contributed by atoms with Gasteiger partial charge in [-0.15, -0.1) is 0 Å². The highest BCUT2D eigenvalue weighted by Gasteiger charge is 2.16. The van der Waals surface area contributed by atoms with Gasteiger partial charge in [-0.05, 0) is 37.3 Å². The highest BCUT2D eigenvalue weighted by atomic mass is 35.5. The number of carbonyl (C=O) groups is 1. The van der Waals surface area contributed by atoms with Gasteiger partial charge in [0.15, 0.2) is 5.16 Å². The van der Waals surface area contributed by atoms with E-state index in [4.69, 9.17) is 20.8 Å². The maximum atomic E-state index is 12.9. The summed E-state index contributed by atoms with van der Waals surface area (Å²) in [5.74, 6) is 1.57. The average molecular weight is 436 g/mol. The van der Waals surface area contributed by atoms with Crippen LogP contribution in [0.4, 0.5) is 0 Å². The number of aromatic nitrogens is 2. The molecule has 0 aliphatic rings. The number of hydrogen-bond donors (Lipinski definition) is 0. The molecule has 3 rings (SSSR count). The number of furan rings is 1. The van der Waals surface area contributed by atoms with Crippen molar-refractivity contribution in [2.24, 2.45) is 0 Å². The third kappa shape index (κ3) is 5.20. The highest BCUT2D eigenvalue weighted by molar-refractivity contribution is 7.99. The lowest BCUT2D eigenvalue weighted by Crippen LogP contribution is -2.29. The lowest BCUT2D eigenvalue weighted by atomic mass is 10.2. The van der Waals surface area contributed by atoms with Crippen LogP contribution in [0.3, 0.4) is 0 Å². The number of ether oxygens (including phenoxy) is 1. The molecule has 0 radical (unpaired) electrons. The summed E-state index contributed by atoms with van der Waals surface area (Å²) in [6, 6.07) is 8.69. The van der Waals surface area contributed by atoms with Crippen molar-refractivity contribution in [3.63, 3.8) is 0 Å². The van der Waals surface area contributed by atoms with E-state index in [0.29, 0.717) is 40.8 Å². The van der Waals surface area contributed by atoms with E-state index in [9.17, 15) is 9.59 Å². The van der Waals surface area contributed by atoms with Gasteiger partial charge in [0.2, 0.25) is 5.91 Å². The maximum absolute atomic E-state index is 12.9. The van der Waals surface area contributed by atoms with Crippen molar-refractivity contribution in [1.82, 2.24) is 14.5 Å². The van der Waals surface area contributed by atoms with E-state index >= 15 is 0 Å². The van der Waals surface area contributed by atoms with Crippen molar-refractivity contribution in [3.8, 4) is 0 Å². The molecule has 0 atom stereocenters. The Balaban J connectivity index is 1.80. The second kappa shape index (κ2) is 9.47. The molecule has 0 N–H and O–H groups in total. The van der Waals surface area contributed by atoms with Gasteiger partial charge in [-0.25, -0.2) is 4.98 Å². The predicted octanol–water partition coefficient (Wildman–Crippen LogP) is 3.35. The molecular weight excluding hydrogens is 414 g/mol. The first kappa shape index (κ1) is 21.4. The summed E-state index contributed by atoms with van der Waals surface area (Å²) in [6.45, 7) is 2.95. The molecule has 0 fully saturated rings. The van der Waals surface area contributed by atoms with Crippen LogP contribution in [0.2, 0.25) is 5.02 Å². The van der Waals surface area contributed by atoms with Gasteiger partial charge in [0, 0.05) is 19.2 Å². The Morgan fingerprint density at radius 2 is 2.14 bits per heavy atom. The van der Waals surface area contributed by atoms with Crippen molar-refractivity contribution in [1.29, 1.82) is 0 Å². The van der Waals surface area contributed by atoms with E-state index in [1.807, 2.05) is 19.1 Å². The molecule has 0 bridgehead atoms. The number of benzene rings is 1. The minimum Gasteiger partial charge on any atom is -0.464 e. The van der Waals surface area contributed by atoms with Gasteiger partial charge in [0.1, 0.15) is 11.5 Å². The molecule has 154 valence electrons. The third-order valence-electron chi connectivity index (χ3n) is 4.34. The SMILES string of the molecule is COCCn1c(SCC(=O)N(C)Cc2ccc(C)o2)nc2cc(Cl)ccc2c1=O. The molecule has 1 aromatic carbocycles. The van der Waals surface area contributed by atoms with Crippen LogP contribution in [-0.4, -0.2) is 46.9 Å². The Morgan fingerprint density at radius 1 is 1.34 bits per heavy atom. The van der Waals surface area contributed by atoms with Crippen LogP contribution in [0.1, 0.15) is 11.5 Å². The first-order valence-corrected chi connectivity index (χ1v) is 10.4. The molecule has 3 aromatic rings. The Labute approximate surface area is 177 Å². The van der Waals surface area contributed by atoms with Crippen LogP contribution >= 0.6 is 23.4 Å². The van der Waals surface area contributed by atoms with Crippen LogP contribution in [0.5, 0.6) is 0 Å². The number of aryl methyl sites for hydroxylation is 1. The summed E-state index contributed by atoms with van der Waals surface area (Å²) in [7, 11) is 3.29. The number of carbonyl (C=O) groups excluding carboxylic acids is 1. The molecule has 0 spiro atoms. The quantitative estimate of drug-likeness (QED) is 0.399. The molecule has 0 saturated carbocycles. The number of fused-ring (bicyclic) bond motifs is 1. The van der Waals surface area contributed by atoms with Crippen LogP contribution in [0.25, 0.3) is 10.9 Å². The lowest BCUT2D eigenvalue weighted by molar-refractivity contribution is -0.127. The maximum Gasteiger partial charge on any atom is 0.262 e. The molecule has 2 aromatic heterocycles. The zero-order valence-corrected chi connectivity index (χ0v) is 18.0. The molecule has 0 aliphatic carbocycles. The minimum atomic E-state index is -0.182. The third-order valence-corrected chi connectivity index (χ3v) is 5.54. The smallest absolute Gasteiger partial charge is 0.262 e. The van der Waals surface area contributed by atoms with Gasteiger partial charge < -0.3 is 14.1 Å². The fourth-order valence-electron chi connectivity index (χ4n) is 2.79. The monoisotopic (exact) mass is 435 g/mol. The first-order valence-electron chi connectivity index (χ1n) is 9.00. The Morgan fingerprint density at radius 3 is 2.83 bits per heavy atom. The predicted molar refractivity (Wildman–Crippen MR) is 114 cm³/mol. The van der Waals surface area contributed by atoms with Crippen molar-refractivity contribution in [2.75, 3.05) is 26.5 Å². The van der Waals surface area contributed by atoms with Gasteiger partial charge in [-0.1, -0.05) is 23.4 Å². The van der Waals surface area contributed by atoms with Crippen molar-refractivity contribution in [2.45, 2.75) is 25.2 Å². The van der Waals surface area contributed by atoms with E-state index in [0.717, 1.165) is 11.5 Å². The highest BCUT2D eigenvalue weighted by Crippen LogP contribution is 2.21. The molecule has 0 saturated heterocycles. The molecule has 7 nitrogen and oxygen atoms in total. The van der Waals surface area contributed by atoms with E-state index in [2.05, 4.69) is 4.98 Å². The zero-order valence-electron chi connectivity index (χ0n) is 16.5. The molecule has 2 heterocycles. The largest absolute Gasteiger partial charge is 0.464 e. The number of thioether (sulfide) groups is 1. The van der Waals surface area contributed by atoms with Crippen molar-refractivity contribution in [3.05, 3.63) is 57.2 Å². The standard InChI is InChI=1S/C20H22ClN3O4S/c1-13-4-6-15(28-13)11-23(2)18(25)12-29-20-22-17-10-14(21)5-7-16(17)19(26)24(20)8-9-27-3/h4-7,10H,8-9,11-12H2,1-3H3. The van der Waals surface area contributed by atoms with Crippen LogP contribution in [0.15, 0.2) is 44.7 Å². The fraction of sp³-hybridized carbons (Fsp3) is 0.350. The Kier molecular flexibility index (Phi) is 7.00. The van der Waals surface area contributed by atoms with Crippen LogP contribution < -0.4 is 5.56 Å². The van der Waals surface area contributed by atoms with Crippen LogP contribution in [0, 0.1) is 6.92 Å². The van der Waals surface area contributed by atoms with Gasteiger partial charge in [-0.2, -0.15) is 0 Å². The molecule has 29 heavy (non-hydrogen) atoms. The van der Waals surface area contributed by atoms with Crippen molar-refractivity contribution >= 4 is 40.2 Å². The van der Waals surface area contributed by atoms with E-state index in [-0.39, 0.29) is 17.2 Å². The number of methoxy groups -OCH3 is 1. The summed E-state index contributed by atoms with van der Waals surface area (Å²) >= 11 is 7.27. The second-order valence-corrected chi connectivity index (χ2v) is 7.94. The summed E-state index contributed by atoms with van der Waals surface area (Å²) in [4.78, 5) is 31.6. The summed E-state index contributed by atoms with van der Waals surface area (Å²) in [5, 5.41) is 1.43. The van der Waals surface area contributed by atoms with Gasteiger partial charge in [0.25, 0.3) is 5.56 Å². The van der Waals surface area contributed by atoms with E-state index in [1.165, 1.54) is 16.3 Å². The van der Waals surface area contributed by atoms with Crippen molar-refractivity contribution < 1.29 is 13.9 Å². The van der Waals surface area contributed by atoms with Gasteiger partial charge in [0.05, 0.1) is 36.4 Å². The average Bonchev–Trinajstić information content (AvgIpc) is 3.09. The second-order valence-electron chi connectivity index (χ2n) is 6.56.